The van der Waals surface area contributed by atoms with Crippen molar-refractivity contribution in [2.24, 2.45) is 5.73 Å². The van der Waals surface area contributed by atoms with Crippen LogP contribution in [0.15, 0.2) is 12.7 Å². The maximum absolute atomic E-state index is 10.8. The average molecular weight is 242 g/mol. The van der Waals surface area contributed by atoms with Gasteiger partial charge in [0, 0.05) is 19.4 Å². The minimum absolute atomic E-state index is 0.0394. The van der Waals surface area contributed by atoms with Gasteiger partial charge in [-0.2, -0.15) is 0 Å². The molecule has 1 heterocycles. The van der Waals surface area contributed by atoms with Gasteiger partial charge in [-0.1, -0.05) is 6.08 Å². The van der Waals surface area contributed by atoms with Gasteiger partial charge in [0.2, 0.25) is 11.8 Å². The standard InChI is InChI=1S/C6H9NO3.C5H9NO/c8-5-2-1-3-7(5)4-6(9)10;1-2-3-4-5(6)7/h1-4H2,(H,9,10);2H,1,3-4H2,(H2,6,7). The number of primary amides is 1. The van der Waals surface area contributed by atoms with Crippen molar-refractivity contribution >= 4 is 17.8 Å². The van der Waals surface area contributed by atoms with E-state index in [-0.39, 0.29) is 18.4 Å². The van der Waals surface area contributed by atoms with Crippen LogP contribution in [0.4, 0.5) is 0 Å². The Hall–Kier alpha value is -1.85. The number of hydrogen-bond donors (Lipinski definition) is 2. The van der Waals surface area contributed by atoms with Crippen molar-refractivity contribution in [2.45, 2.75) is 25.7 Å². The summed E-state index contributed by atoms with van der Waals surface area (Å²) in [4.78, 5) is 32.2. The summed E-state index contributed by atoms with van der Waals surface area (Å²) in [5, 5.41) is 8.30. The first kappa shape index (κ1) is 15.2. The number of allylic oxidation sites excluding steroid dienone is 1. The monoisotopic (exact) mass is 242 g/mol. The highest BCUT2D eigenvalue weighted by atomic mass is 16.4. The van der Waals surface area contributed by atoms with E-state index in [9.17, 15) is 14.4 Å². The summed E-state index contributed by atoms with van der Waals surface area (Å²) in [6.45, 7) is 3.89. The molecular formula is C11H18N2O4. The largest absolute Gasteiger partial charge is 0.480 e. The molecule has 17 heavy (non-hydrogen) atoms. The van der Waals surface area contributed by atoms with Gasteiger partial charge in [0.25, 0.3) is 0 Å². The van der Waals surface area contributed by atoms with E-state index in [1.54, 1.807) is 6.08 Å². The Bertz CT molecular complexity index is 302. The molecule has 96 valence electrons. The molecule has 0 aromatic rings. The normalized spacial score (nSPS) is 13.9. The van der Waals surface area contributed by atoms with Crippen LogP contribution >= 0.6 is 0 Å². The molecule has 0 atom stereocenters. The first-order valence-corrected chi connectivity index (χ1v) is 5.36. The number of likely N-dealkylation sites (tertiary alicyclic amines) is 1. The molecule has 3 N–H and O–H groups in total. The smallest absolute Gasteiger partial charge is 0.323 e. The molecule has 1 aliphatic heterocycles. The van der Waals surface area contributed by atoms with E-state index in [2.05, 4.69) is 6.58 Å². The van der Waals surface area contributed by atoms with Crippen LogP contribution < -0.4 is 5.73 Å². The topological polar surface area (TPSA) is 101 Å². The number of nitrogens with zero attached hydrogens (tertiary/aromatic N) is 1. The van der Waals surface area contributed by atoms with Gasteiger partial charge in [0.05, 0.1) is 0 Å². The summed E-state index contributed by atoms with van der Waals surface area (Å²) in [5.74, 6) is -1.24. The molecule has 0 spiro atoms. The number of amides is 2. The van der Waals surface area contributed by atoms with E-state index in [0.29, 0.717) is 25.8 Å². The quantitative estimate of drug-likeness (QED) is 0.669. The average Bonchev–Trinajstić information content (AvgIpc) is 2.61. The van der Waals surface area contributed by atoms with Gasteiger partial charge in [-0.3, -0.25) is 14.4 Å². The molecule has 0 saturated carbocycles. The minimum atomic E-state index is -0.935. The van der Waals surface area contributed by atoms with Crippen LogP contribution in [0.5, 0.6) is 0 Å². The molecule has 0 aromatic heterocycles. The van der Waals surface area contributed by atoms with Gasteiger partial charge in [-0.05, 0) is 12.8 Å². The van der Waals surface area contributed by atoms with Gasteiger partial charge in [0.1, 0.15) is 6.54 Å². The zero-order valence-electron chi connectivity index (χ0n) is 9.72. The van der Waals surface area contributed by atoms with Crippen molar-refractivity contribution in [3.63, 3.8) is 0 Å². The Morgan fingerprint density at radius 2 is 2.18 bits per heavy atom. The zero-order valence-corrected chi connectivity index (χ0v) is 9.72. The van der Waals surface area contributed by atoms with Crippen molar-refractivity contribution in [3.05, 3.63) is 12.7 Å². The lowest BCUT2D eigenvalue weighted by Crippen LogP contribution is -2.30. The van der Waals surface area contributed by atoms with E-state index in [1.165, 1.54) is 4.90 Å². The summed E-state index contributed by atoms with van der Waals surface area (Å²) in [7, 11) is 0. The lowest BCUT2D eigenvalue weighted by Gasteiger charge is -2.10. The van der Waals surface area contributed by atoms with Crippen LogP contribution in [-0.2, 0) is 14.4 Å². The van der Waals surface area contributed by atoms with Gasteiger partial charge >= 0.3 is 5.97 Å². The molecular weight excluding hydrogens is 224 g/mol. The molecule has 0 radical (unpaired) electrons. The van der Waals surface area contributed by atoms with Gasteiger partial charge in [0.15, 0.2) is 0 Å². The summed E-state index contributed by atoms with van der Waals surface area (Å²) < 4.78 is 0. The van der Waals surface area contributed by atoms with E-state index in [4.69, 9.17) is 10.8 Å². The fourth-order valence-electron chi connectivity index (χ4n) is 1.28. The van der Waals surface area contributed by atoms with Gasteiger partial charge in [-0.25, -0.2) is 0 Å². The Balaban J connectivity index is 0.000000325. The molecule has 6 nitrogen and oxygen atoms in total. The van der Waals surface area contributed by atoms with Crippen molar-refractivity contribution in [2.75, 3.05) is 13.1 Å². The molecule has 1 fully saturated rings. The Labute approximate surface area is 100 Å². The third-order valence-electron chi connectivity index (χ3n) is 2.09. The number of carbonyl (C=O) groups is 3. The number of nitrogens with two attached hydrogens (primary N) is 1. The molecule has 0 aliphatic carbocycles. The molecule has 2 amide bonds. The molecule has 1 rings (SSSR count). The number of carboxylic acid groups (broad SMARTS) is 1. The highest BCUT2D eigenvalue weighted by Crippen LogP contribution is 2.07. The maximum atomic E-state index is 10.8. The Morgan fingerprint density at radius 1 is 1.53 bits per heavy atom. The number of hydrogen-bond acceptors (Lipinski definition) is 3. The van der Waals surface area contributed by atoms with Gasteiger partial charge in [-0.15, -0.1) is 6.58 Å². The van der Waals surface area contributed by atoms with Crippen LogP contribution in [0.25, 0.3) is 0 Å². The molecule has 1 aliphatic rings. The fraction of sp³-hybridized carbons (Fsp3) is 0.545. The second-order valence-electron chi connectivity index (χ2n) is 3.61. The molecule has 0 bridgehead atoms. The predicted octanol–water partition coefficient (Wildman–Crippen LogP) is 0.131. The summed E-state index contributed by atoms with van der Waals surface area (Å²) in [6.07, 6.45) is 4.09. The minimum Gasteiger partial charge on any atom is -0.480 e. The Kier molecular flexibility index (Phi) is 7.41. The lowest BCUT2D eigenvalue weighted by molar-refractivity contribution is -0.142. The lowest BCUT2D eigenvalue weighted by atomic mass is 10.3. The van der Waals surface area contributed by atoms with Crippen LogP contribution in [0, 0.1) is 0 Å². The zero-order chi connectivity index (χ0) is 13.3. The first-order chi connectivity index (χ1) is 7.97. The van der Waals surface area contributed by atoms with E-state index < -0.39 is 5.97 Å². The number of rotatable bonds is 5. The van der Waals surface area contributed by atoms with Gasteiger partial charge < -0.3 is 15.7 Å². The second kappa shape index (κ2) is 8.32. The molecule has 6 heteroatoms. The SMILES string of the molecule is C=CCCC(N)=O.O=C(O)CN1CCCC1=O. The highest BCUT2D eigenvalue weighted by Gasteiger charge is 2.21. The number of carbonyl (C=O) groups excluding carboxylic acids is 2. The molecule has 0 aromatic carbocycles. The fourth-order valence-corrected chi connectivity index (χ4v) is 1.28. The van der Waals surface area contributed by atoms with Crippen molar-refractivity contribution in [1.82, 2.24) is 4.90 Å². The summed E-state index contributed by atoms with van der Waals surface area (Å²) in [6, 6.07) is 0. The molecule has 0 unspecified atom stereocenters. The number of carboxylic acids is 1. The first-order valence-electron chi connectivity index (χ1n) is 5.36. The van der Waals surface area contributed by atoms with Crippen molar-refractivity contribution in [1.29, 1.82) is 0 Å². The van der Waals surface area contributed by atoms with Crippen molar-refractivity contribution < 1.29 is 19.5 Å². The molecule has 1 saturated heterocycles. The highest BCUT2D eigenvalue weighted by molar-refractivity contribution is 5.82. The predicted molar refractivity (Wildman–Crippen MR) is 62.1 cm³/mol. The van der Waals surface area contributed by atoms with Crippen LogP contribution in [-0.4, -0.2) is 40.9 Å². The summed E-state index contributed by atoms with van der Waals surface area (Å²) in [5.41, 5.74) is 4.79. The van der Waals surface area contributed by atoms with Crippen LogP contribution in [0.2, 0.25) is 0 Å². The van der Waals surface area contributed by atoms with E-state index >= 15 is 0 Å². The van der Waals surface area contributed by atoms with Crippen LogP contribution in [0.3, 0.4) is 0 Å². The summed E-state index contributed by atoms with van der Waals surface area (Å²) >= 11 is 0. The third-order valence-corrected chi connectivity index (χ3v) is 2.09. The third kappa shape index (κ3) is 8.01. The second-order valence-corrected chi connectivity index (χ2v) is 3.61. The Morgan fingerprint density at radius 3 is 2.47 bits per heavy atom. The van der Waals surface area contributed by atoms with Crippen molar-refractivity contribution in [3.8, 4) is 0 Å². The van der Waals surface area contributed by atoms with E-state index in [1.807, 2.05) is 0 Å². The maximum Gasteiger partial charge on any atom is 0.323 e. The van der Waals surface area contributed by atoms with Crippen LogP contribution in [0.1, 0.15) is 25.7 Å². The number of aliphatic carboxylic acids is 1. The van der Waals surface area contributed by atoms with E-state index in [0.717, 1.165) is 6.42 Å².